The topological polar surface area (TPSA) is 69.2 Å². The van der Waals surface area contributed by atoms with Gasteiger partial charge in [-0.1, -0.05) is 0 Å². The smallest absolute Gasteiger partial charge is 0.341 e. The van der Waals surface area contributed by atoms with E-state index in [0.29, 0.717) is 17.9 Å². The van der Waals surface area contributed by atoms with Crippen LogP contribution in [0.4, 0.5) is 0 Å². The van der Waals surface area contributed by atoms with E-state index in [1.165, 1.54) is 13.1 Å². The molecule has 0 saturated carbocycles. The third kappa shape index (κ3) is 2.59. The number of carbonyl (C=O) groups is 2. The van der Waals surface area contributed by atoms with Crippen molar-refractivity contribution in [2.75, 3.05) is 6.61 Å². The van der Waals surface area contributed by atoms with Crippen LogP contribution in [0.25, 0.3) is 0 Å². The van der Waals surface area contributed by atoms with Crippen molar-refractivity contribution in [3.63, 3.8) is 0 Å². The van der Waals surface area contributed by atoms with Crippen molar-refractivity contribution < 1.29 is 14.3 Å². The number of aryl methyl sites for hydroxylation is 1. The molecule has 0 aliphatic carbocycles. The van der Waals surface area contributed by atoms with Gasteiger partial charge in [0.2, 0.25) is 0 Å². The Kier molecular flexibility index (Phi) is 3.49. The Hall–Kier alpha value is -1.78. The molecule has 0 unspecified atom stereocenters. The average Bonchev–Trinajstić information content (AvgIpc) is 2.17. The first-order valence-electron chi connectivity index (χ1n) is 4.58. The summed E-state index contributed by atoms with van der Waals surface area (Å²) >= 11 is 0. The number of aromatic nitrogens is 2. The Morgan fingerprint density at radius 1 is 1.47 bits per heavy atom. The Morgan fingerprint density at radius 3 is 2.60 bits per heavy atom. The van der Waals surface area contributed by atoms with E-state index in [1.54, 1.807) is 13.8 Å². The van der Waals surface area contributed by atoms with Crippen LogP contribution in [0.3, 0.4) is 0 Å². The molecule has 15 heavy (non-hydrogen) atoms. The van der Waals surface area contributed by atoms with Crippen molar-refractivity contribution in [2.45, 2.75) is 20.8 Å². The molecule has 0 aliphatic heterocycles. The highest BCUT2D eigenvalue weighted by Gasteiger charge is 2.13. The van der Waals surface area contributed by atoms with Gasteiger partial charge in [0.05, 0.1) is 17.9 Å². The van der Waals surface area contributed by atoms with Crippen molar-refractivity contribution in [2.24, 2.45) is 0 Å². The molecule has 0 radical (unpaired) electrons. The molecule has 0 atom stereocenters. The summed E-state index contributed by atoms with van der Waals surface area (Å²) in [5.74, 6) is -0.584. The number of carbonyl (C=O) groups excluding carboxylic acids is 2. The minimum absolute atomic E-state index is 0.112. The summed E-state index contributed by atoms with van der Waals surface area (Å²) in [4.78, 5) is 30.0. The first kappa shape index (κ1) is 11.3. The maximum Gasteiger partial charge on any atom is 0.341 e. The lowest BCUT2D eigenvalue weighted by Crippen LogP contribution is -2.11. The highest BCUT2D eigenvalue weighted by Crippen LogP contribution is 2.06. The fraction of sp³-hybridized carbons (Fsp3) is 0.400. The zero-order valence-corrected chi connectivity index (χ0v) is 8.90. The Bertz CT molecular complexity index is 402. The van der Waals surface area contributed by atoms with E-state index in [9.17, 15) is 9.59 Å². The molecule has 1 rings (SSSR count). The van der Waals surface area contributed by atoms with Crippen molar-refractivity contribution in [1.82, 2.24) is 9.97 Å². The number of rotatable bonds is 3. The Balaban J connectivity index is 3.03. The third-order valence-corrected chi connectivity index (χ3v) is 1.79. The molecule has 5 heteroatoms. The first-order valence-corrected chi connectivity index (χ1v) is 4.58. The number of hydrogen-bond acceptors (Lipinski definition) is 5. The van der Waals surface area contributed by atoms with E-state index in [4.69, 9.17) is 4.74 Å². The lowest BCUT2D eigenvalue weighted by atomic mass is 10.2. The van der Waals surface area contributed by atoms with Crippen LogP contribution in [-0.2, 0) is 4.74 Å². The summed E-state index contributed by atoms with van der Waals surface area (Å²) in [6.45, 7) is 5.03. The molecule has 0 amide bonds. The number of ketones is 1. The van der Waals surface area contributed by atoms with Gasteiger partial charge < -0.3 is 4.74 Å². The summed E-state index contributed by atoms with van der Waals surface area (Å²) < 4.78 is 4.81. The van der Waals surface area contributed by atoms with Crippen LogP contribution in [0.1, 0.15) is 40.5 Å². The molecule has 0 saturated heterocycles. The van der Waals surface area contributed by atoms with Gasteiger partial charge in [0, 0.05) is 13.1 Å². The molecule has 0 aliphatic rings. The van der Waals surface area contributed by atoms with E-state index in [2.05, 4.69) is 9.97 Å². The highest BCUT2D eigenvalue weighted by atomic mass is 16.5. The van der Waals surface area contributed by atoms with Crippen molar-refractivity contribution in [3.05, 3.63) is 23.3 Å². The van der Waals surface area contributed by atoms with Gasteiger partial charge in [0.25, 0.3) is 0 Å². The Morgan fingerprint density at radius 2 is 2.13 bits per heavy atom. The number of hydrogen-bond donors (Lipinski definition) is 0. The van der Waals surface area contributed by atoms with Crippen molar-refractivity contribution >= 4 is 11.8 Å². The van der Waals surface area contributed by atoms with Gasteiger partial charge >= 0.3 is 5.97 Å². The molecule has 5 nitrogen and oxygen atoms in total. The summed E-state index contributed by atoms with van der Waals surface area (Å²) in [5, 5.41) is 0. The average molecular weight is 208 g/mol. The third-order valence-electron chi connectivity index (χ3n) is 1.79. The van der Waals surface area contributed by atoms with E-state index in [1.807, 2.05) is 0 Å². The van der Waals surface area contributed by atoms with Gasteiger partial charge in [-0.3, -0.25) is 4.79 Å². The van der Waals surface area contributed by atoms with Gasteiger partial charge in [0.1, 0.15) is 0 Å². The lowest BCUT2D eigenvalue weighted by molar-refractivity contribution is 0.0524. The molecule has 0 bridgehead atoms. The minimum atomic E-state index is -0.467. The molecular formula is C10H12N2O3. The number of ether oxygens (including phenoxy) is 1. The molecule has 0 spiro atoms. The molecule has 0 aromatic carbocycles. The summed E-state index contributed by atoms with van der Waals surface area (Å²) in [6.07, 6.45) is 1.32. The maximum atomic E-state index is 11.4. The van der Waals surface area contributed by atoms with Crippen LogP contribution in [-0.4, -0.2) is 28.3 Å². The van der Waals surface area contributed by atoms with E-state index in [0.717, 1.165) is 0 Å². The molecule has 1 aromatic rings. The molecular weight excluding hydrogens is 196 g/mol. The van der Waals surface area contributed by atoms with Crippen LogP contribution in [0.15, 0.2) is 6.20 Å². The van der Waals surface area contributed by atoms with Gasteiger partial charge in [0.15, 0.2) is 11.6 Å². The number of Topliss-reactive ketones (excluding diaryl/α,β-unsaturated/α-hetero) is 1. The van der Waals surface area contributed by atoms with Crippen molar-refractivity contribution in [1.29, 1.82) is 0 Å². The summed E-state index contributed by atoms with van der Waals surface area (Å²) in [5.41, 5.74) is 0.746. The Labute approximate surface area is 87.5 Å². The fourth-order valence-electron chi connectivity index (χ4n) is 1.05. The lowest BCUT2D eigenvalue weighted by Gasteiger charge is -2.04. The quantitative estimate of drug-likeness (QED) is 0.550. The van der Waals surface area contributed by atoms with E-state index in [-0.39, 0.29) is 11.6 Å². The first-order chi connectivity index (χ1) is 7.06. The SMILES string of the molecule is CCOC(=O)c1cnc(C(C)=O)nc1C. The number of esters is 1. The maximum absolute atomic E-state index is 11.4. The van der Waals surface area contributed by atoms with E-state index < -0.39 is 5.97 Å². The van der Waals surface area contributed by atoms with Gasteiger partial charge in [-0.05, 0) is 13.8 Å². The second-order valence-corrected chi connectivity index (χ2v) is 2.97. The van der Waals surface area contributed by atoms with E-state index >= 15 is 0 Å². The van der Waals surface area contributed by atoms with Gasteiger partial charge in [-0.25, -0.2) is 14.8 Å². The van der Waals surface area contributed by atoms with Crippen LogP contribution < -0.4 is 0 Å². The zero-order valence-electron chi connectivity index (χ0n) is 8.90. The second-order valence-electron chi connectivity index (χ2n) is 2.97. The van der Waals surface area contributed by atoms with Gasteiger partial charge in [-0.15, -0.1) is 0 Å². The molecule has 0 fully saturated rings. The number of nitrogens with zero attached hydrogens (tertiary/aromatic N) is 2. The molecule has 80 valence electrons. The second kappa shape index (κ2) is 4.63. The van der Waals surface area contributed by atoms with Crippen LogP contribution in [0, 0.1) is 6.92 Å². The monoisotopic (exact) mass is 208 g/mol. The van der Waals surface area contributed by atoms with Crippen molar-refractivity contribution in [3.8, 4) is 0 Å². The predicted molar refractivity (Wildman–Crippen MR) is 52.7 cm³/mol. The predicted octanol–water partition coefficient (Wildman–Crippen LogP) is 1.16. The summed E-state index contributed by atoms with van der Waals surface area (Å²) in [6, 6.07) is 0. The fourth-order valence-corrected chi connectivity index (χ4v) is 1.05. The minimum Gasteiger partial charge on any atom is -0.462 e. The highest BCUT2D eigenvalue weighted by molar-refractivity contribution is 5.93. The normalized spacial score (nSPS) is 9.80. The standard InChI is InChI=1S/C10H12N2O3/c1-4-15-10(14)8-5-11-9(7(3)13)12-6(8)2/h5H,4H2,1-3H3. The molecule has 1 heterocycles. The van der Waals surface area contributed by atoms with Crippen LogP contribution in [0.5, 0.6) is 0 Å². The summed E-state index contributed by atoms with van der Waals surface area (Å²) in [7, 11) is 0. The molecule has 1 aromatic heterocycles. The van der Waals surface area contributed by atoms with Crippen LogP contribution in [0.2, 0.25) is 0 Å². The van der Waals surface area contributed by atoms with Gasteiger partial charge in [-0.2, -0.15) is 0 Å². The zero-order chi connectivity index (χ0) is 11.4. The van der Waals surface area contributed by atoms with Crippen LogP contribution >= 0.6 is 0 Å². The molecule has 0 N–H and O–H groups in total. The largest absolute Gasteiger partial charge is 0.462 e.